The van der Waals surface area contributed by atoms with Gasteiger partial charge in [0, 0.05) is 12.1 Å². The Hall–Kier alpha value is -3.47. The molecule has 5 nitrogen and oxygen atoms in total. The minimum absolute atomic E-state index is 0.140. The van der Waals surface area contributed by atoms with Gasteiger partial charge in [0.15, 0.2) is 0 Å². The number of hydrogen-bond acceptors (Lipinski definition) is 4. The van der Waals surface area contributed by atoms with E-state index >= 15 is 0 Å². The van der Waals surface area contributed by atoms with Crippen molar-refractivity contribution in [3.8, 4) is 16.9 Å². The summed E-state index contributed by atoms with van der Waals surface area (Å²) < 4.78 is 5.42. The van der Waals surface area contributed by atoms with Crippen molar-refractivity contribution in [1.29, 1.82) is 0 Å². The molecule has 0 atom stereocenters. The van der Waals surface area contributed by atoms with Gasteiger partial charge < -0.3 is 4.74 Å². The topological polar surface area (TPSA) is 69.4 Å². The summed E-state index contributed by atoms with van der Waals surface area (Å²) in [4.78, 5) is 22.6. The number of nitro groups is 1. The monoisotopic (exact) mass is 347 g/mol. The van der Waals surface area contributed by atoms with E-state index < -0.39 is 10.9 Å². The summed E-state index contributed by atoms with van der Waals surface area (Å²) in [7, 11) is 0. The van der Waals surface area contributed by atoms with Crippen LogP contribution < -0.4 is 4.74 Å². The highest BCUT2D eigenvalue weighted by Gasteiger charge is 2.14. The summed E-state index contributed by atoms with van der Waals surface area (Å²) >= 11 is 0. The van der Waals surface area contributed by atoms with Gasteiger partial charge in [-0.25, -0.2) is 4.79 Å². The maximum atomic E-state index is 12.3. The first-order chi connectivity index (χ1) is 12.4. The smallest absolute Gasteiger partial charge is 0.343 e. The Kier molecular flexibility index (Phi) is 4.80. The predicted molar refractivity (Wildman–Crippen MR) is 99.4 cm³/mol. The van der Waals surface area contributed by atoms with Gasteiger partial charge in [-0.1, -0.05) is 42.0 Å². The zero-order valence-electron chi connectivity index (χ0n) is 14.4. The summed E-state index contributed by atoms with van der Waals surface area (Å²) in [5.74, 6) is -0.196. The van der Waals surface area contributed by atoms with E-state index in [0.717, 1.165) is 16.7 Å². The molecule has 3 aromatic rings. The summed E-state index contributed by atoms with van der Waals surface area (Å²) in [5, 5.41) is 10.8. The molecule has 0 N–H and O–H groups in total. The number of carbonyl (C=O) groups excluding carboxylic acids is 1. The third kappa shape index (κ3) is 3.78. The number of esters is 1. The Bertz CT molecular complexity index is 995. The summed E-state index contributed by atoms with van der Waals surface area (Å²) in [5.41, 5.74) is 4.09. The lowest BCUT2D eigenvalue weighted by Crippen LogP contribution is -2.09. The molecule has 0 unspecified atom stereocenters. The molecule has 0 fully saturated rings. The predicted octanol–water partition coefficient (Wildman–Crippen LogP) is 5.10. The van der Waals surface area contributed by atoms with Crippen molar-refractivity contribution >= 4 is 11.7 Å². The molecule has 0 aliphatic heterocycles. The van der Waals surface area contributed by atoms with Gasteiger partial charge in [-0.2, -0.15) is 0 Å². The van der Waals surface area contributed by atoms with Crippen LogP contribution >= 0.6 is 0 Å². The van der Waals surface area contributed by atoms with Crippen LogP contribution in [0, 0.1) is 24.0 Å². The Balaban J connectivity index is 1.83. The van der Waals surface area contributed by atoms with Crippen LogP contribution in [0.4, 0.5) is 5.69 Å². The zero-order valence-corrected chi connectivity index (χ0v) is 14.4. The van der Waals surface area contributed by atoms with Crippen molar-refractivity contribution in [2.24, 2.45) is 0 Å². The third-order valence-corrected chi connectivity index (χ3v) is 4.02. The van der Waals surface area contributed by atoms with Crippen molar-refractivity contribution in [2.75, 3.05) is 0 Å². The summed E-state index contributed by atoms with van der Waals surface area (Å²) in [6.07, 6.45) is 0. The Morgan fingerprint density at radius 3 is 2.35 bits per heavy atom. The van der Waals surface area contributed by atoms with Gasteiger partial charge in [0.05, 0.1) is 10.5 Å². The molecule has 26 heavy (non-hydrogen) atoms. The standard InChI is InChI=1S/C21H17NO4/c1-14-5-3-6-16(11-14)17-9-10-20(15(2)12-17)26-21(23)18-7-4-8-19(13-18)22(24)25/h3-13H,1-2H3. The van der Waals surface area contributed by atoms with Gasteiger partial charge in [0.25, 0.3) is 5.69 Å². The molecule has 0 aliphatic carbocycles. The highest BCUT2D eigenvalue weighted by Crippen LogP contribution is 2.27. The second-order valence-corrected chi connectivity index (χ2v) is 6.05. The van der Waals surface area contributed by atoms with Crippen LogP contribution in [0.1, 0.15) is 21.5 Å². The van der Waals surface area contributed by atoms with Crippen molar-refractivity contribution in [3.63, 3.8) is 0 Å². The van der Waals surface area contributed by atoms with E-state index in [-0.39, 0.29) is 11.3 Å². The fraction of sp³-hybridized carbons (Fsp3) is 0.0952. The SMILES string of the molecule is Cc1cccc(-c2ccc(OC(=O)c3cccc([N+](=O)[O-])c3)c(C)c2)c1. The molecule has 3 rings (SSSR count). The Morgan fingerprint density at radius 2 is 1.65 bits per heavy atom. The summed E-state index contributed by atoms with van der Waals surface area (Å²) in [6.45, 7) is 3.89. The molecule has 130 valence electrons. The number of nitro benzene ring substituents is 1. The number of benzene rings is 3. The summed E-state index contributed by atoms with van der Waals surface area (Å²) in [6, 6.07) is 19.2. The van der Waals surface area contributed by atoms with E-state index in [4.69, 9.17) is 4.74 Å². The number of non-ortho nitro benzene ring substituents is 1. The molecule has 0 heterocycles. The van der Waals surface area contributed by atoms with Crippen molar-refractivity contribution in [1.82, 2.24) is 0 Å². The number of rotatable bonds is 4. The van der Waals surface area contributed by atoms with Crippen LogP contribution in [0.5, 0.6) is 5.75 Å². The molecule has 0 saturated heterocycles. The van der Waals surface area contributed by atoms with Gasteiger partial charge in [-0.05, 0) is 48.7 Å². The molecule has 0 bridgehead atoms. The van der Waals surface area contributed by atoms with Crippen LogP contribution in [0.3, 0.4) is 0 Å². The highest BCUT2D eigenvalue weighted by molar-refractivity contribution is 5.92. The van der Waals surface area contributed by atoms with Crippen LogP contribution in [0.15, 0.2) is 66.7 Å². The van der Waals surface area contributed by atoms with Crippen LogP contribution in [-0.4, -0.2) is 10.9 Å². The van der Waals surface area contributed by atoms with Crippen molar-refractivity contribution < 1.29 is 14.5 Å². The molecule has 5 heteroatoms. The number of carbonyl (C=O) groups is 1. The van der Waals surface area contributed by atoms with E-state index in [2.05, 4.69) is 6.07 Å². The molecule has 0 amide bonds. The van der Waals surface area contributed by atoms with Gasteiger partial charge in [0.1, 0.15) is 5.75 Å². The van der Waals surface area contributed by atoms with Gasteiger partial charge >= 0.3 is 5.97 Å². The van der Waals surface area contributed by atoms with Gasteiger partial charge in [-0.15, -0.1) is 0 Å². The molecular formula is C21H17NO4. The first-order valence-electron chi connectivity index (χ1n) is 8.08. The highest BCUT2D eigenvalue weighted by atomic mass is 16.6. The van der Waals surface area contributed by atoms with E-state index in [1.807, 2.05) is 44.2 Å². The first kappa shape index (κ1) is 17.4. The fourth-order valence-electron chi connectivity index (χ4n) is 2.67. The van der Waals surface area contributed by atoms with E-state index in [1.165, 1.54) is 29.8 Å². The molecule has 0 saturated carbocycles. The second-order valence-electron chi connectivity index (χ2n) is 6.05. The van der Waals surface area contributed by atoms with Crippen molar-refractivity contribution in [2.45, 2.75) is 13.8 Å². The number of ether oxygens (including phenoxy) is 1. The third-order valence-electron chi connectivity index (χ3n) is 4.02. The first-order valence-corrected chi connectivity index (χ1v) is 8.08. The Morgan fingerprint density at radius 1 is 0.923 bits per heavy atom. The van der Waals surface area contributed by atoms with Gasteiger partial charge in [-0.3, -0.25) is 10.1 Å². The maximum absolute atomic E-state index is 12.3. The largest absolute Gasteiger partial charge is 0.423 e. The quantitative estimate of drug-likeness (QED) is 0.285. The lowest BCUT2D eigenvalue weighted by molar-refractivity contribution is -0.384. The van der Waals surface area contributed by atoms with Crippen LogP contribution in [-0.2, 0) is 0 Å². The minimum atomic E-state index is -0.625. The molecule has 0 aliphatic rings. The number of nitrogens with zero attached hydrogens (tertiary/aromatic N) is 1. The average Bonchev–Trinajstić information content (AvgIpc) is 2.63. The second kappa shape index (κ2) is 7.19. The lowest BCUT2D eigenvalue weighted by atomic mass is 10.0. The number of aryl methyl sites for hydroxylation is 2. The average molecular weight is 347 g/mol. The lowest BCUT2D eigenvalue weighted by Gasteiger charge is -2.10. The van der Waals surface area contributed by atoms with E-state index in [1.54, 1.807) is 6.07 Å². The fourth-order valence-corrected chi connectivity index (χ4v) is 2.67. The zero-order chi connectivity index (χ0) is 18.7. The van der Waals surface area contributed by atoms with Crippen LogP contribution in [0.2, 0.25) is 0 Å². The van der Waals surface area contributed by atoms with E-state index in [9.17, 15) is 14.9 Å². The van der Waals surface area contributed by atoms with Crippen molar-refractivity contribution in [3.05, 3.63) is 93.5 Å². The molecular weight excluding hydrogens is 330 g/mol. The minimum Gasteiger partial charge on any atom is -0.423 e. The molecule has 3 aromatic carbocycles. The normalized spacial score (nSPS) is 10.4. The maximum Gasteiger partial charge on any atom is 0.343 e. The molecule has 0 spiro atoms. The molecule has 0 radical (unpaired) electrons. The Labute approximate surface area is 151 Å². The molecule has 0 aromatic heterocycles. The van der Waals surface area contributed by atoms with Gasteiger partial charge in [0.2, 0.25) is 0 Å². The van der Waals surface area contributed by atoms with E-state index in [0.29, 0.717) is 5.75 Å². The van der Waals surface area contributed by atoms with Crippen LogP contribution in [0.25, 0.3) is 11.1 Å². The number of hydrogen-bond donors (Lipinski definition) is 0.